The number of amides is 1. The fraction of sp³-hybridized carbons (Fsp3) is 0.500. The van der Waals surface area contributed by atoms with E-state index in [0.717, 1.165) is 24.0 Å². The van der Waals surface area contributed by atoms with E-state index in [1.54, 1.807) is 11.8 Å². The highest BCUT2D eigenvalue weighted by molar-refractivity contribution is 14.1. The molecule has 31 heavy (non-hydrogen) atoms. The molecule has 1 saturated heterocycles. The average molecular weight is 559 g/mol. The molecule has 1 amide bonds. The first-order valence-corrected chi connectivity index (χ1v) is 11.9. The normalized spacial score (nSPS) is 15.7. The van der Waals surface area contributed by atoms with Gasteiger partial charge in [-0.1, -0.05) is 64.5 Å². The number of hydrogen-bond acceptors (Lipinski definition) is 6. The first-order valence-electron chi connectivity index (χ1n) is 10.3. The molecule has 1 aliphatic heterocycles. The lowest BCUT2D eigenvalue weighted by molar-refractivity contribution is 0.0868. The van der Waals surface area contributed by atoms with Crippen molar-refractivity contribution >= 4 is 40.3 Å². The van der Waals surface area contributed by atoms with Crippen LogP contribution >= 0.6 is 34.2 Å². The second-order valence-corrected chi connectivity index (χ2v) is 9.59. The summed E-state index contributed by atoms with van der Waals surface area (Å²) in [6.45, 7) is 3.76. The molecule has 168 valence electrons. The van der Waals surface area contributed by atoms with Crippen LogP contribution in [0, 0.1) is 6.92 Å². The molecule has 1 aromatic heterocycles. The number of carbonyl (C=O) groups excluding carboxylic acids is 1. The summed E-state index contributed by atoms with van der Waals surface area (Å²) < 4.78 is 11.7. The Morgan fingerprint density at radius 2 is 1.94 bits per heavy atom. The Morgan fingerprint density at radius 1 is 1.26 bits per heavy atom. The molecule has 0 N–H and O–H groups in total. The zero-order valence-electron chi connectivity index (χ0n) is 18.1. The van der Waals surface area contributed by atoms with Crippen LogP contribution in [0.4, 0.5) is 4.79 Å². The maximum atomic E-state index is 12.5. The molecule has 0 bridgehead atoms. The lowest BCUT2D eigenvalue weighted by Gasteiger charge is -2.32. The summed E-state index contributed by atoms with van der Waals surface area (Å²) in [5.41, 5.74) is 1.81. The van der Waals surface area contributed by atoms with Crippen LogP contribution in [0.15, 0.2) is 30.3 Å². The van der Waals surface area contributed by atoms with Gasteiger partial charge in [-0.2, -0.15) is 4.98 Å². The Labute approximate surface area is 202 Å². The third-order valence-corrected chi connectivity index (χ3v) is 7.02. The van der Waals surface area contributed by atoms with E-state index in [9.17, 15) is 4.79 Å². The fourth-order valence-electron chi connectivity index (χ4n) is 3.43. The summed E-state index contributed by atoms with van der Waals surface area (Å²) in [7, 11) is 4.01. The molecule has 0 saturated carbocycles. The Morgan fingerprint density at radius 3 is 2.58 bits per heavy atom. The highest BCUT2D eigenvalue weighted by Crippen LogP contribution is 2.37. The van der Waals surface area contributed by atoms with E-state index in [-0.39, 0.29) is 22.7 Å². The van der Waals surface area contributed by atoms with Crippen molar-refractivity contribution in [2.45, 2.75) is 36.3 Å². The third kappa shape index (κ3) is 6.66. The van der Waals surface area contributed by atoms with Gasteiger partial charge in [0, 0.05) is 13.1 Å². The van der Waals surface area contributed by atoms with Crippen LogP contribution in [0.25, 0.3) is 0 Å². The number of hydrogen-bond donors (Lipinski definition) is 0. The predicted molar refractivity (Wildman–Crippen MR) is 129 cm³/mol. The molecule has 1 aliphatic rings. The molecule has 1 atom stereocenters. The largest absolute Gasteiger partial charge is 0.475 e. The van der Waals surface area contributed by atoms with Crippen LogP contribution in [0.2, 0.25) is 5.15 Å². The van der Waals surface area contributed by atoms with Gasteiger partial charge in [-0.3, -0.25) is 4.90 Å². The van der Waals surface area contributed by atoms with E-state index >= 15 is 0 Å². The van der Waals surface area contributed by atoms with Crippen molar-refractivity contribution in [1.29, 1.82) is 0 Å². The van der Waals surface area contributed by atoms with Crippen LogP contribution < -0.4 is 4.74 Å². The maximum Gasteiger partial charge on any atom is 0.410 e. The van der Waals surface area contributed by atoms with Crippen LogP contribution in [-0.4, -0.2) is 63.7 Å². The molecular formula is C22H28ClIN4O3. The first kappa shape index (κ1) is 24.0. The van der Waals surface area contributed by atoms with E-state index in [1.165, 1.54) is 0 Å². The van der Waals surface area contributed by atoms with Crippen molar-refractivity contribution in [2.24, 2.45) is 0 Å². The number of halogens is 2. The molecule has 9 heteroatoms. The number of likely N-dealkylation sites (tertiary alicyclic amines) is 1. The van der Waals surface area contributed by atoms with E-state index in [2.05, 4.69) is 37.5 Å². The number of piperidine rings is 1. The van der Waals surface area contributed by atoms with Crippen LogP contribution in [0.5, 0.6) is 5.88 Å². The number of benzene rings is 1. The van der Waals surface area contributed by atoms with Crippen LogP contribution in [0.3, 0.4) is 0 Å². The first-order chi connectivity index (χ1) is 14.8. The third-order valence-electron chi connectivity index (χ3n) is 5.26. The summed E-state index contributed by atoms with van der Waals surface area (Å²) in [5, 5.41) is 0.433. The topological polar surface area (TPSA) is 67.8 Å². The smallest absolute Gasteiger partial charge is 0.410 e. The van der Waals surface area contributed by atoms with Crippen molar-refractivity contribution < 1.29 is 14.3 Å². The minimum atomic E-state index is -0.288. The second kappa shape index (κ2) is 11.3. The number of rotatable bonds is 7. The zero-order chi connectivity index (χ0) is 22.4. The SMILES string of the molecule is Cc1nc(Cl)c(C2CCN(C(=O)OCc3ccccc3)CC2)c(OC[C@@H](I)N(C)C)n1. The number of aromatic nitrogens is 2. The number of carbonyl (C=O) groups is 1. The summed E-state index contributed by atoms with van der Waals surface area (Å²) in [4.78, 5) is 25.1. The van der Waals surface area contributed by atoms with E-state index in [4.69, 9.17) is 21.1 Å². The minimum absolute atomic E-state index is 0.133. The van der Waals surface area contributed by atoms with Gasteiger partial charge in [0.2, 0.25) is 5.88 Å². The molecule has 3 rings (SSSR count). The summed E-state index contributed by atoms with van der Waals surface area (Å²) in [6, 6.07) is 9.68. The van der Waals surface area contributed by atoms with Crippen molar-refractivity contribution in [3.63, 3.8) is 0 Å². The maximum absolute atomic E-state index is 12.5. The summed E-state index contributed by atoms with van der Waals surface area (Å²) in [6.07, 6.45) is 1.22. The monoisotopic (exact) mass is 558 g/mol. The van der Waals surface area contributed by atoms with Gasteiger partial charge >= 0.3 is 6.09 Å². The molecular weight excluding hydrogens is 531 g/mol. The van der Waals surface area contributed by atoms with E-state index in [1.807, 2.05) is 44.4 Å². The van der Waals surface area contributed by atoms with Gasteiger partial charge in [-0.05, 0) is 45.3 Å². The van der Waals surface area contributed by atoms with E-state index < -0.39 is 0 Å². The molecule has 7 nitrogen and oxygen atoms in total. The van der Waals surface area contributed by atoms with Gasteiger partial charge < -0.3 is 14.4 Å². The fourth-order valence-corrected chi connectivity index (χ4v) is 3.97. The average Bonchev–Trinajstić information content (AvgIpc) is 2.76. The second-order valence-electron chi connectivity index (χ2n) is 7.79. The Bertz CT molecular complexity index is 877. The quantitative estimate of drug-likeness (QED) is 0.213. The Balaban J connectivity index is 1.61. The van der Waals surface area contributed by atoms with E-state index in [0.29, 0.717) is 36.6 Å². The molecule has 0 unspecified atom stereocenters. The van der Waals surface area contributed by atoms with Gasteiger partial charge in [-0.15, -0.1) is 0 Å². The Hall–Kier alpha value is -1.65. The van der Waals surface area contributed by atoms with Gasteiger partial charge in [0.25, 0.3) is 0 Å². The molecule has 2 heterocycles. The molecule has 1 aromatic carbocycles. The molecule has 0 radical (unpaired) electrons. The lowest BCUT2D eigenvalue weighted by Crippen LogP contribution is -2.38. The molecule has 1 fully saturated rings. The lowest BCUT2D eigenvalue weighted by atomic mass is 9.91. The number of likely N-dealkylation sites (N-methyl/N-ethyl adjacent to an activating group) is 1. The summed E-state index contributed by atoms with van der Waals surface area (Å²) in [5.74, 6) is 1.26. The number of nitrogens with zero attached hydrogens (tertiary/aromatic N) is 4. The summed E-state index contributed by atoms with van der Waals surface area (Å²) >= 11 is 8.84. The zero-order valence-corrected chi connectivity index (χ0v) is 21.0. The standard InChI is InChI=1S/C22H28ClIN4O3/c1-15-25-20(23)19(21(26-15)30-14-18(24)27(2)3)17-9-11-28(12-10-17)22(29)31-13-16-7-5-4-6-8-16/h4-8,17-18H,9-14H2,1-3H3/t18-/m0/s1. The van der Waals surface area contributed by atoms with Crippen molar-refractivity contribution in [3.05, 3.63) is 52.4 Å². The molecule has 0 spiro atoms. The van der Waals surface area contributed by atoms with Gasteiger partial charge in [0.1, 0.15) is 24.2 Å². The highest BCUT2D eigenvalue weighted by atomic mass is 127. The number of aryl methyl sites for hydroxylation is 1. The Kier molecular flexibility index (Phi) is 8.74. The van der Waals surface area contributed by atoms with Crippen molar-refractivity contribution in [3.8, 4) is 5.88 Å². The molecule has 0 aliphatic carbocycles. The number of ether oxygens (including phenoxy) is 2. The van der Waals surface area contributed by atoms with Gasteiger partial charge in [-0.25, -0.2) is 9.78 Å². The minimum Gasteiger partial charge on any atom is -0.475 e. The van der Waals surface area contributed by atoms with Gasteiger partial charge in [0.15, 0.2) is 0 Å². The van der Waals surface area contributed by atoms with Crippen LogP contribution in [0.1, 0.15) is 35.7 Å². The van der Waals surface area contributed by atoms with Crippen molar-refractivity contribution in [2.75, 3.05) is 33.8 Å². The highest BCUT2D eigenvalue weighted by Gasteiger charge is 2.30. The van der Waals surface area contributed by atoms with Crippen LogP contribution in [-0.2, 0) is 11.3 Å². The predicted octanol–water partition coefficient (Wildman–Crippen LogP) is 4.66. The number of alkyl halides is 1. The van der Waals surface area contributed by atoms with Crippen molar-refractivity contribution in [1.82, 2.24) is 19.8 Å². The van der Waals surface area contributed by atoms with Gasteiger partial charge in [0.05, 0.1) is 9.61 Å². The molecule has 2 aromatic rings.